The zero-order valence-corrected chi connectivity index (χ0v) is 15.8. The normalized spacial score (nSPS) is 12.9. The molecule has 0 unspecified atom stereocenters. The Morgan fingerprint density at radius 2 is 1.69 bits per heavy atom. The number of ether oxygens (including phenoxy) is 1. The van der Waals surface area contributed by atoms with Crippen LogP contribution in [0.3, 0.4) is 0 Å². The van der Waals surface area contributed by atoms with E-state index in [1.54, 1.807) is 20.8 Å². The second-order valence-electron chi connectivity index (χ2n) is 6.60. The third kappa shape index (κ3) is 6.81. The Balaban J connectivity index is 2.78. The zero-order chi connectivity index (χ0) is 20.1. The average Bonchev–Trinajstić information content (AvgIpc) is 2.51. The van der Waals surface area contributed by atoms with Gasteiger partial charge in [-0.05, 0) is 52.0 Å². The smallest absolute Gasteiger partial charge is 0.338 e. The van der Waals surface area contributed by atoms with Crippen LogP contribution in [0.4, 0.5) is 0 Å². The number of nitrogens with two attached hydrogens (primary N) is 1. The van der Waals surface area contributed by atoms with Gasteiger partial charge in [-0.2, -0.15) is 0 Å². The largest absolute Gasteiger partial charge is 0.449 e. The molecule has 9 nitrogen and oxygen atoms in total. The fourth-order valence-electron chi connectivity index (χ4n) is 1.77. The van der Waals surface area contributed by atoms with Crippen LogP contribution in [-0.2, 0) is 24.3 Å². The Kier molecular flexibility index (Phi) is 6.87. The zero-order valence-electron chi connectivity index (χ0n) is 15.0. The molecule has 0 saturated heterocycles. The molecule has 0 saturated carbocycles. The van der Waals surface area contributed by atoms with Crippen LogP contribution < -0.4 is 15.8 Å². The first-order valence-electron chi connectivity index (χ1n) is 7.73. The van der Waals surface area contributed by atoms with E-state index in [1.165, 1.54) is 31.2 Å². The quantitative estimate of drug-likeness (QED) is 0.559. The topological polar surface area (TPSA) is 145 Å². The number of esters is 1. The van der Waals surface area contributed by atoms with Crippen LogP contribution in [0.5, 0.6) is 0 Å². The summed E-state index contributed by atoms with van der Waals surface area (Å²) < 4.78 is 31.0. The van der Waals surface area contributed by atoms with Gasteiger partial charge in [0, 0.05) is 5.54 Å². The molecule has 0 heterocycles. The van der Waals surface area contributed by atoms with Crippen LogP contribution in [0, 0.1) is 0 Å². The lowest BCUT2D eigenvalue weighted by atomic mass is 10.1. The molecule has 0 radical (unpaired) electrons. The minimum atomic E-state index is -3.92. The third-order valence-electron chi connectivity index (χ3n) is 2.99. The number of primary amides is 1. The second-order valence-corrected chi connectivity index (χ2v) is 8.37. The van der Waals surface area contributed by atoms with Crippen LogP contribution in [0.2, 0.25) is 0 Å². The van der Waals surface area contributed by atoms with Gasteiger partial charge in [0.15, 0.2) is 6.10 Å². The molecule has 0 aromatic heterocycles. The minimum Gasteiger partial charge on any atom is -0.449 e. The van der Waals surface area contributed by atoms with Gasteiger partial charge in [-0.25, -0.2) is 17.9 Å². The molecule has 144 valence electrons. The number of nitrogens with one attached hydrogen (secondary N) is 2. The van der Waals surface area contributed by atoms with Crippen molar-refractivity contribution in [1.82, 2.24) is 10.0 Å². The van der Waals surface area contributed by atoms with Crippen LogP contribution in [0.25, 0.3) is 0 Å². The van der Waals surface area contributed by atoms with Crippen molar-refractivity contribution in [3.05, 3.63) is 29.8 Å². The Hall–Kier alpha value is -2.46. The van der Waals surface area contributed by atoms with Crippen molar-refractivity contribution in [2.75, 3.05) is 6.54 Å². The van der Waals surface area contributed by atoms with Crippen molar-refractivity contribution >= 4 is 27.8 Å². The fourth-order valence-corrected chi connectivity index (χ4v) is 2.77. The number of benzene rings is 1. The van der Waals surface area contributed by atoms with Gasteiger partial charge in [0.25, 0.3) is 5.91 Å². The number of sulfonamides is 1. The Morgan fingerprint density at radius 3 is 2.15 bits per heavy atom. The van der Waals surface area contributed by atoms with Gasteiger partial charge < -0.3 is 15.8 Å². The lowest BCUT2D eigenvalue weighted by Gasteiger charge is -2.23. The van der Waals surface area contributed by atoms with Crippen molar-refractivity contribution in [1.29, 1.82) is 0 Å². The van der Waals surface area contributed by atoms with Crippen molar-refractivity contribution in [3.8, 4) is 0 Å². The summed E-state index contributed by atoms with van der Waals surface area (Å²) in [5.74, 6) is -2.03. The average molecular weight is 385 g/mol. The predicted molar refractivity (Wildman–Crippen MR) is 93.6 cm³/mol. The van der Waals surface area contributed by atoms with E-state index in [0.29, 0.717) is 0 Å². The summed E-state index contributed by atoms with van der Waals surface area (Å²) in [5, 5.41) is 2.69. The molecule has 0 spiro atoms. The van der Waals surface area contributed by atoms with E-state index >= 15 is 0 Å². The van der Waals surface area contributed by atoms with Crippen LogP contribution in [-0.4, -0.2) is 44.4 Å². The first-order valence-corrected chi connectivity index (χ1v) is 9.21. The van der Waals surface area contributed by atoms with Gasteiger partial charge in [0.2, 0.25) is 15.9 Å². The van der Waals surface area contributed by atoms with Crippen LogP contribution >= 0.6 is 0 Å². The maximum absolute atomic E-state index is 12.1. The molecular weight excluding hydrogens is 362 g/mol. The SMILES string of the molecule is C[C@H](OC(=O)c1ccc(S(=O)(=O)NCC(N)=O)cc1)C(=O)NC(C)(C)C. The molecule has 10 heteroatoms. The van der Waals surface area contributed by atoms with Gasteiger partial charge >= 0.3 is 5.97 Å². The molecule has 1 atom stereocenters. The van der Waals surface area contributed by atoms with Crippen LogP contribution in [0.1, 0.15) is 38.1 Å². The first-order chi connectivity index (χ1) is 11.8. The maximum atomic E-state index is 12.1. The summed E-state index contributed by atoms with van der Waals surface area (Å²) in [4.78, 5) is 34.5. The van der Waals surface area contributed by atoms with Gasteiger partial charge in [0.05, 0.1) is 17.0 Å². The van der Waals surface area contributed by atoms with Gasteiger partial charge in [-0.3, -0.25) is 9.59 Å². The highest BCUT2D eigenvalue weighted by Crippen LogP contribution is 2.12. The molecule has 0 aliphatic rings. The molecule has 0 bridgehead atoms. The third-order valence-corrected chi connectivity index (χ3v) is 4.41. The van der Waals surface area contributed by atoms with E-state index in [4.69, 9.17) is 10.5 Å². The molecule has 1 aromatic rings. The molecule has 4 N–H and O–H groups in total. The lowest BCUT2D eigenvalue weighted by Crippen LogP contribution is -2.46. The molecule has 26 heavy (non-hydrogen) atoms. The first kappa shape index (κ1) is 21.6. The summed E-state index contributed by atoms with van der Waals surface area (Å²) >= 11 is 0. The highest BCUT2D eigenvalue weighted by molar-refractivity contribution is 7.89. The fraction of sp³-hybridized carbons (Fsp3) is 0.438. The molecule has 0 fully saturated rings. The molecule has 1 aromatic carbocycles. The molecular formula is C16H23N3O6S. The minimum absolute atomic E-state index is 0.0780. The van der Waals surface area contributed by atoms with Gasteiger partial charge in [-0.1, -0.05) is 0 Å². The summed E-state index contributed by atoms with van der Waals surface area (Å²) in [5.41, 5.74) is 4.50. The summed E-state index contributed by atoms with van der Waals surface area (Å²) in [6.07, 6.45) is -1.01. The number of amides is 2. The highest BCUT2D eigenvalue weighted by atomic mass is 32.2. The van der Waals surface area contributed by atoms with Gasteiger partial charge in [-0.15, -0.1) is 0 Å². The van der Waals surface area contributed by atoms with Gasteiger partial charge in [0.1, 0.15) is 0 Å². The Morgan fingerprint density at radius 1 is 1.15 bits per heavy atom. The lowest BCUT2D eigenvalue weighted by molar-refractivity contribution is -0.130. The highest BCUT2D eigenvalue weighted by Gasteiger charge is 2.23. The van der Waals surface area contributed by atoms with E-state index in [0.717, 1.165) is 0 Å². The van der Waals surface area contributed by atoms with E-state index in [1.807, 2.05) is 4.72 Å². The Labute approximate surface area is 152 Å². The van der Waals surface area contributed by atoms with E-state index in [2.05, 4.69) is 5.32 Å². The number of rotatable bonds is 7. The Bertz CT molecular complexity index is 781. The van der Waals surface area contributed by atoms with E-state index in [9.17, 15) is 22.8 Å². The standard InChI is InChI=1S/C16H23N3O6S/c1-10(14(21)19-16(2,3)4)25-15(22)11-5-7-12(8-6-11)26(23,24)18-9-13(17)20/h5-8,10,18H,9H2,1-4H3,(H2,17,20)(H,19,21)/t10-/m0/s1. The monoisotopic (exact) mass is 385 g/mol. The van der Waals surface area contributed by atoms with Crippen molar-refractivity contribution in [2.24, 2.45) is 5.73 Å². The van der Waals surface area contributed by atoms with Crippen molar-refractivity contribution in [3.63, 3.8) is 0 Å². The summed E-state index contributed by atoms with van der Waals surface area (Å²) in [6.45, 7) is 6.29. The number of carbonyl (C=O) groups is 3. The molecule has 0 aliphatic heterocycles. The molecule has 2 amide bonds. The number of hydrogen-bond donors (Lipinski definition) is 3. The van der Waals surface area contributed by atoms with E-state index < -0.39 is 46.0 Å². The van der Waals surface area contributed by atoms with E-state index in [-0.39, 0.29) is 10.5 Å². The van der Waals surface area contributed by atoms with Crippen LogP contribution in [0.15, 0.2) is 29.2 Å². The van der Waals surface area contributed by atoms with Crippen molar-refractivity contribution in [2.45, 2.75) is 44.2 Å². The number of carbonyl (C=O) groups excluding carboxylic acids is 3. The maximum Gasteiger partial charge on any atom is 0.338 e. The van der Waals surface area contributed by atoms with Crippen molar-refractivity contribution < 1.29 is 27.5 Å². The second kappa shape index (κ2) is 8.28. The number of hydrogen-bond acceptors (Lipinski definition) is 6. The summed E-state index contributed by atoms with van der Waals surface area (Å²) in [6, 6.07) is 4.85. The molecule has 1 rings (SSSR count). The molecule has 0 aliphatic carbocycles. The summed E-state index contributed by atoms with van der Waals surface area (Å²) in [7, 11) is -3.92. The predicted octanol–water partition coefficient (Wildman–Crippen LogP) is -0.0898.